The van der Waals surface area contributed by atoms with Crippen molar-refractivity contribution in [1.82, 2.24) is 5.43 Å². The van der Waals surface area contributed by atoms with Crippen LogP contribution in [0.1, 0.15) is 26.3 Å². The molecule has 0 heterocycles. The molecule has 7 nitrogen and oxygen atoms in total. The van der Waals surface area contributed by atoms with Crippen molar-refractivity contribution in [2.24, 2.45) is 5.10 Å². The Labute approximate surface area is 178 Å². The number of aromatic hydroxyl groups is 1. The van der Waals surface area contributed by atoms with E-state index in [2.05, 4.69) is 15.8 Å². The van der Waals surface area contributed by atoms with Crippen molar-refractivity contribution in [1.29, 1.82) is 0 Å². The first-order chi connectivity index (χ1) is 14.5. The number of nitrogens with zero attached hydrogens (tertiary/aromatic N) is 1. The third-order valence-electron chi connectivity index (χ3n) is 4.11. The molecule has 152 valence electrons. The molecule has 3 rings (SSSR count). The number of para-hydroxylation sites is 1. The molecule has 3 N–H and O–H groups in total. The molecule has 30 heavy (non-hydrogen) atoms. The van der Waals surface area contributed by atoms with Crippen molar-refractivity contribution in [3.05, 3.63) is 88.4 Å². The number of carbonyl (C=O) groups excluding carboxylic acids is 2. The van der Waals surface area contributed by atoms with Crippen LogP contribution in [0.4, 0.5) is 5.69 Å². The van der Waals surface area contributed by atoms with Gasteiger partial charge >= 0.3 is 0 Å². The van der Waals surface area contributed by atoms with Crippen molar-refractivity contribution in [3.63, 3.8) is 0 Å². The van der Waals surface area contributed by atoms with E-state index in [1.165, 1.54) is 19.4 Å². The van der Waals surface area contributed by atoms with Crippen LogP contribution in [0, 0.1) is 0 Å². The second-order valence-electron chi connectivity index (χ2n) is 6.14. The Morgan fingerprint density at radius 3 is 2.50 bits per heavy atom. The highest BCUT2D eigenvalue weighted by atomic mass is 35.5. The van der Waals surface area contributed by atoms with E-state index in [0.29, 0.717) is 27.6 Å². The highest BCUT2D eigenvalue weighted by Gasteiger charge is 2.13. The minimum Gasteiger partial charge on any atom is -0.504 e. The fraction of sp³-hybridized carbons (Fsp3) is 0.0455. The predicted octanol–water partition coefficient (Wildman–Crippen LogP) is 4.07. The van der Waals surface area contributed by atoms with Gasteiger partial charge in [-0.2, -0.15) is 5.10 Å². The summed E-state index contributed by atoms with van der Waals surface area (Å²) in [6, 6.07) is 17.7. The van der Waals surface area contributed by atoms with Crippen LogP contribution in [0.3, 0.4) is 0 Å². The molecule has 0 aliphatic carbocycles. The summed E-state index contributed by atoms with van der Waals surface area (Å²) in [6.45, 7) is 0. The topological polar surface area (TPSA) is 100 Å². The van der Waals surface area contributed by atoms with Gasteiger partial charge in [0.15, 0.2) is 11.5 Å². The van der Waals surface area contributed by atoms with Crippen LogP contribution in [0.25, 0.3) is 0 Å². The SMILES string of the molecule is COc1cc(/C=N\NC(=O)c2ccccc2NC(=O)c2ccc(Cl)cc2)ccc1O. The summed E-state index contributed by atoms with van der Waals surface area (Å²) in [5.41, 5.74) is 4.04. The first-order valence-corrected chi connectivity index (χ1v) is 9.22. The number of carbonyl (C=O) groups is 2. The lowest BCUT2D eigenvalue weighted by Crippen LogP contribution is -2.21. The standard InChI is InChI=1S/C22H18ClN3O4/c1-30-20-12-14(6-11-19(20)27)13-24-26-22(29)17-4-2-3-5-18(17)25-21(28)15-7-9-16(23)10-8-15/h2-13,27H,1H3,(H,25,28)(H,26,29)/b24-13-. The first-order valence-electron chi connectivity index (χ1n) is 8.84. The fourth-order valence-corrected chi connectivity index (χ4v) is 2.71. The van der Waals surface area contributed by atoms with Crippen LogP contribution < -0.4 is 15.5 Å². The van der Waals surface area contributed by atoms with Gasteiger partial charge in [0.2, 0.25) is 0 Å². The zero-order valence-electron chi connectivity index (χ0n) is 15.9. The summed E-state index contributed by atoms with van der Waals surface area (Å²) in [5.74, 6) is -0.569. The smallest absolute Gasteiger partial charge is 0.273 e. The van der Waals surface area contributed by atoms with Crippen LogP contribution in [0.15, 0.2) is 71.8 Å². The molecule has 0 unspecified atom stereocenters. The largest absolute Gasteiger partial charge is 0.504 e. The van der Waals surface area contributed by atoms with E-state index in [1.807, 2.05) is 0 Å². The summed E-state index contributed by atoms with van der Waals surface area (Å²) in [4.78, 5) is 25.0. The number of amides is 2. The number of ether oxygens (including phenoxy) is 1. The first kappa shape index (κ1) is 20.9. The van der Waals surface area contributed by atoms with Crippen molar-refractivity contribution in [3.8, 4) is 11.5 Å². The zero-order valence-corrected chi connectivity index (χ0v) is 16.7. The van der Waals surface area contributed by atoms with Gasteiger partial charge in [0.25, 0.3) is 11.8 Å². The molecule has 0 saturated heterocycles. The summed E-state index contributed by atoms with van der Waals surface area (Å²) in [7, 11) is 1.44. The van der Waals surface area contributed by atoms with Crippen LogP contribution in [0.2, 0.25) is 5.02 Å². The Morgan fingerprint density at radius 2 is 1.77 bits per heavy atom. The fourth-order valence-electron chi connectivity index (χ4n) is 2.59. The number of methoxy groups -OCH3 is 1. The minimum atomic E-state index is -0.496. The van der Waals surface area contributed by atoms with Gasteiger partial charge in [-0.3, -0.25) is 9.59 Å². The summed E-state index contributed by atoms with van der Waals surface area (Å²) < 4.78 is 5.03. The lowest BCUT2D eigenvalue weighted by molar-refractivity contribution is 0.0956. The van der Waals surface area contributed by atoms with Gasteiger partial charge in [-0.15, -0.1) is 0 Å². The number of halogens is 1. The second kappa shape index (κ2) is 9.58. The number of rotatable bonds is 6. The molecule has 0 aliphatic heterocycles. The normalized spacial score (nSPS) is 10.6. The average molecular weight is 424 g/mol. The highest BCUT2D eigenvalue weighted by Crippen LogP contribution is 2.25. The van der Waals surface area contributed by atoms with Crippen LogP contribution in [-0.4, -0.2) is 30.2 Å². The third kappa shape index (κ3) is 5.15. The van der Waals surface area contributed by atoms with Gasteiger partial charge in [0.1, 0.15) is 0 Å². The second-order valence-corrected chi connectivity index (χ2v) is 6.57. The van der Waals surface area contributed by atoms with Crippen molar-refractivity contribution >= 4 is 35.3 Å². The maximum absolute atomic E-state index is 12.5. The highest BCUT2D eigenvalue weighted by molar-refractivity contribution is 6.30. The van der Waals surface area contributed by atoms with Gasteiger partial charge in [-0.1, -0.05) is 23.7 Å². The van der Waals surface area contributed by atoms with E-state index < -0.39 is 5.91 Å². The molecule has 2 amide bonds. The maximum Gasteiger partial charge on any atom is 0.273 e. The number of phenols is 1. The van der Waals surface area contributed by atoms with Crippen LogP contribution >= 0.6 is 11.6 Å². The Kier molecular flexibility index (Phi) is 6.67. The maximum atomic E-state index is 12.5. The lowest BCUT2D eigenvalue weighted by Gasteiger charge is -2.10. The van der Waals surface area contributed by atoms with Crippen LogP contribution in [0.5, 0.6) is 11.5 Å². The molecule has 0 aromatic heterocycles. The Balaban J connectivity index is 1.71. The molecule has 0 fully saturated rings. The quantitative estimate of drug-likeness (QED) is 0.411. The van der Waals surface area contributed by atoms with E-state index in [1.54, 1.807) is 60.7 Å². The monoisotopic (exact) mass is 423 g/mol. The van der Waals surface area contributed by atoms with E-state index in [4.69, 9.17) is 16.3 Å². The molecule has 0 radical (unpaired) electrons. The molecule has 3 aromatic carbocycles. The van der Waals surface area contributed by atoms with Crippen molar-refractivity contribution in [2.45, 2.75) is 0 Å². The van der Waals surface area contributed by atoms with Gasteiger partial charge in [-0.25, -0.2) is 5.43 Å². The number of hydrazone groups is 1. The summed E-state index contributed by atoms with van der Waals surface area (Å²) >= 11 is 5.84. The molecule has 0 atom stereocenters. The number of benzene rings is 3. The third-order valence-corrected chi connectivity index (χ3v) is 4.36. The molecule has 8 heteroatoms. The van der Waals surface area contributed by atoms with Gasteiger partial charge in [0.05, 0.1) is 24.6 Å². The molecular formula is C22H18ClN3O4. The van der Waals surface area contributed by atoms with Crippen molar-refractivity contribution < 1.29 is 19.4 Å². The molecular weight excluding hydrogens is 406 g/mol. The number of hydrogen-bond donors (Lipinski definition) is 3. The zero-order chi connectivity index (χ0) is 21.5. The Hall–Kier alpha value is -3.84. The summed E-state index contributed by atoms with van der Waals surface area (Å²) in [6.07, 6.45) is 1.41. The molecule has 0 aliphatic rings. The van der Waals surface area contributed by atoms with E-state index >= 15 is 0 Å². The number of anilines is 1. The molecule has 0 saturated carbocycles. The summed E-state index contributed by atoms with van der Waals surface area (Å²) in [5, 5.41) is 16.8. The van der Waals surface area contributed by atoms with Gasteiger partial charge in [-0.05, 0) is 60.2 Å². The van der Waals surface area contributed by atoms with Crippen LogP contribution in [-0.2, 0) is 0 Å². The lowest BCUT2D eigenvalue weighted by atomic mass is 10.1. The average Bonchev–Trinajstić information content (AvgIpc) is 2.75. The molecule has 3 aromatic rings. The Morgan fingerprint density at radius 1 is 1.03 bits per heavy atom. The van der Waals surface area contributed by atoms with E-state index in [-0.39, 0.29) is 17.2 Å². The van der Waals surface area contributed by atoms with E-state index in [9.17, 15) is 14.7 Å². The van der Waals surface area contributed by atoms with Gasteiger partial charge < -0.3 is 15.2 Å². The van der Waals surface area contributed by atoms with Gasteiger partial charge in [0, 0.05) is 10.6 Å². The predicted molar refractivity (Wildman–Crippen MR) is 116 cm³/mol. The van der Waals surface area contributed by atoms with Crippen molar-refractivity contribution in [2.75, 3.05) is 12.4 Å². The number of hydrogen-bond acceptors (Lipinski definition) is 5. The van der Waals surface area contributed by atoms with E-state index in [0.717, 1.165) is 0 Å². The number of phenolic OH excluding ortho intramolecular Hbond substituents is 1. The number of nitrogens with one attached hydrogen (secondary N) is 2. The molecule has 0 bridgehead atoms. The Bertz CT molecular complexity index is 1100. The molecule has 0 spiro atoms. The minimum absolute atomic E-state index is 0.00374.